The van der Waals surface area contributed by atoms with E-state index in [1.807, 2.05) is 19.1 Å². The number of ether oxygens (including phenoxy) is 1. The quantitative estimate of drug-likeness (QED) is 0.482. The average Bonchev–Trinajstić information content (AvgIpc) is 2.14. The number of carbonyl (C=O) groups is 1. The van der Waals surface area contributed by atoms with E-state index >= 15 is 0 Å². The summed E-state index contributed by atoms with van der Waals surface area (Å²) >= 11 is 0. The highest BCUT2D eigenvalue weighted by Crippen LogP contribution is 2.01. The highest BCUT2D eigenvalue weighted by atomic mass is 16.5. The molecule has 0 unspecified atom stereocenters. The van der Waals surface area contributed by atoms with Crippen molar-refractivity contribution in [3.05, 3.63) is 23.8 Å². The van der Waals surface area contributed by atoms with Crippen molar-refractivity contribution in [1.29, 1.82) is 0 Å². The predicted octanol–water partition coefficient (Wildman–Crippen LogP) is 2.85. The fourth-order valence-corrected chi connectivity index (χ4v) is 0.917. The monoisotopic (exact) mass is 182 g/mol. The van der Waals surface area contributed by atoms with Crippen LogP contribution >= 0.6 is 0 Å². The molecule has 0 saturated carbocycles. The zero-order valence-corrected chi connectivity index (χ0v) is 8.67. The summed E-state index contributed by atoms with van der Waals surface area (Å²) in [5.74, 6) is -0.147. The number of hydrogen-bond acceptors (Lipinski definition) is 2. The second kappa shape index (κ2) is 7.59. The van der Waals surface area contributed by atoms with Crippen LogP contribution < -0.4 is 0 Å². The summed E-state index contributed by atoms with van der Waals surface area (Å²) in [5, 5.41) is 0. The van der Waals surface area contributed by atoms with Crippen LogP contribution in [-0.2, 0) is 9.53 Å². The van der Waals surface area contributed by atoms with Gasteiger partial charge in [-0.2, -0.15) is 0 Å². The summed E-state index contributed by atoms with van der Waals surface area (Å²) in [5.41, 5.74) is 1.06. The molecule has 0 bridgehead atoms. The fourth-order valence-electron chi connectivity index (χ4n) is 0.917. The smallest absolute Gasteiger partial charge is 0.305 e. The van der Waals surface area contributed by atoms with Crippen LogP contribution in [0.4, 0.5) is 0 Å². The van der Waals surface area contributed by atoms with E-state index in [0.29, 0.717) is 13.0 Å². The SMILES string of the molecule is CC=CC(=CCC)COC(=O)CC. The Morgan fingerprint density at radius 2 is 2.08 bits per heavy atom. The summed E-state index contributed by atoms with van der Waals surface area (Å²) in [7, 11) is 0. The Hall–Kier alpha value is -1.05. The molecular formula is C11H18O2. The molecule has 0 aromatic heterocycles. The van der Waals surface area contributed by atoms with Crippen molar-refractivity contribution in [3.63, 3.8) is 0 Å². The molecule has 0 aromatic carbocycles. The molecule has 0 aliphatic heterocycles. The van der Waals surface area contributed by atoms with Gasteiger partial charge in [-0.1, -0.05) is 32.1 Å². The molecule has 0 fully saturated rings. The van der Waals surface area contributed by atoms with Gasteiger partial charge in [-0.3, -0.25) is 4.79 Å². The number of carbonyl (C=O) groups excluding carboxylic acids is 1. The Balaban J connectivity index is 3.97. The second-order valence-corrected chi connectivity index (χ2v) is 2.70. The summed E-state index contributed by atoms with van der Waals surface area (Å²) in [4.78, 5) is 10.9. The normalized spacial score (nSPS) is 12.1. The maximum absolute atomic E-state index is 10.9. The maximum atomic E-state index is 10.9. The average molecular weight is 182 g/mol. The number of esters is 1. The lowest BCUT2D eigenvalue weighted by Gasteiger charge is -2.03. The zero-order valence-electron chi connectivity index (χ0n) is 8.67. The van der Waals surface area contributed by atoms with Crippen LogP contribution in [0.15, 0.2) is 23.8 Å². The lowest BCUT2D eigenvalue weighted by molar-refractivity contribution is -0.142. The Morgan fingerprint density at radius 3 is 2.54 bits per heavy atom. The van der Waals surface area contributed by atoms with E-state index in [0.717, 1.165) is 12.0 Å². The van der Waals surface area contributed by atoms with Crippen LogP contribution in [-0.4, -0.2) is 12.6 Å². The minimum absolute atomic E-state index is 0.147. The molecule has 0 aliphatic rings. The first-order valence-corrected chi connectivity index (χ1v) is 4.71. The van der Waals surface area contributed by atoms with E-state index in [9.17, 15) is 4.79 Å². The van der Waals surface area contributed by atoms with Crippen molar-refractivity contribution >= 4 is 5.97 Å². The van der Waals surface area contributed by atoms with Crippen LogP contribution in [0, 0.1) is 0 Å². The topological polar surface area (TPSA) is 26.3 Å². The summed E-state index contributed by atoms with van der Waals surface area (Å²) in [6, 6.07) is 0. The van der Waals surface area contributed by atoms with E-state index in [1.165, 1.54) is 0 Å². The predicted molar refractivity (Wildman–Crippen MR) is 54.4 cm³/mol. The number of rotatable bonds is 5. The molecule has 0 amide bonds. The van der Waals surface area contributed by atoms with Crippen molar-refractivity contribution in [3.8, 4) is 0 Å². The molecule has 0 saturated heterocycles. The van der Waals surface area contributed by atoms with Crippen LogP contribution in [0.2, 0.25) is 0 Å². The highest BCUT2D eigenvalue weighted by molar-refractivity contribution is 5.69. The molecule has 0 spiro atoms. The van der Waals surface area contributed by atoms with Crippen molar-refractivity contribution in [2.75, 3.05) is 6.61 Å². The Kier molecular flexibility index (Phi) is 6.98. The molecule has 0 rings (SSSR count). The molecule has 0 heterocycles. The van der Waals surface area contributed by atoms with Crippen molar-refractivity contribution in [1.82, 2.24) is 0 Å². The molecule has 2 heteroatoms. The van der Waals surface area contributed by atoms with Crippen molar-refractivity contribution in [2.24, 2.45) is 0 Å². The van der Waals surface area contributed by atoms with E-state index in [4.69, 9.17) is 4.74 Å². The molecule has 2 nitrogen and oxygen atoms in total. The molecule has 13 heavy (non-hydrogen) atoms. The van der Waals surface area contributed by atoms with E-state index < -0.39 is 0 Å². The van der Waals surface area contributed by atoms with Crippen molar-refractivity contribution in [2.45, 2.75) is 33.6 Å². The first-order valence-electron chi connectivity index (χ1n) is 4.71. The molecular weight excluding hydrogens is 164 g/mol. The Morgan fingerprint density at radius 1 is 1.38 bits per heavy atom. The van der Waals surface area contributed by atoms with Gasteiger partial charge in [0.2, 0.25) is 0 Å². The molecule has 0 aromatic rings. The Bertz CT molecular complexity index is 202. The third-order valence-electron chi connectivity index (χ3n) is 1.54. The zero-order chi connectivity index (χ0) is 10.1. The molecule has 74 valence electrons. The van der Waals surface area contributed by atoms with Crippen molar-refractivity contribution < 1.29 is 9.53 Å². The van der Waals surface area contributed by atoms with Crippen LogP contribution in [0.1, 0.15) is 33.6 Å². The lowest BCUT2D eigenvalue weighted by atomic mass is 10.2. The van der Waals surface area contributed by atoms with Gasteiger partial charge in [-0.05, 0) is 18.9 Å². The Labute approximate surface area is 80.3 Å². The standard InChI is InChI=1S/C11H18O2/c1-4-7-10(8-5-2)9-13-11(12)6-3/h4,7-8H,5-6,9H2,1-3H3. The molecule has 0 aliphatic carbocycles. The largest absolute Gasteiger partial charge is 0.461 e. The molecule has 0 N–H and O–H groups in total. The third kappa shape index (κ3) is 6.14. The van der Waals surface area contributed by atoms with Crippen LogP contribution in [0.3, 0.4) is 0 Å². The molecule has 0 atom stereocenters. The van der Waals surface area contributed by atoms with Gasteiger partial charge >= 0.3 is 5.97 Å². The van der Waals surface area contributed by atoms with E-state index in [1.54, 1.807) is 6.92 Å². The highest BCUT2D eigenvalue weighted by Gasteiger charge is 1.98. The van der Waals surface area contributed by atoms with Gasteiger partial charge in [0.15, 0.2) is 0 Å². The second-order valence-electron chi connectivity index (χ2n) is 2.70. The summed E-state index contributed by atoms with van der Waals surface area (Å²) in [6.45, 7) is 6.20. The lowest BCUT2D eigenvalue weighted by Crippen LogP contribution is -2.04. The minimum Gasteiger partial charge on any atom is -0.461 e. The maximum Gasteiger partial charge on any atom is 0.305 e. The minimum atomic E-state index is -0.147. The van der Waals surface area contributed by atoms with E-state index in [2.05, 4.69) is 13.0 Å². The summed E-state index contributed by atoms with van der Waals surface area (Å²) < 4.78 is 5.00. The summed E-state index contributed by atoms with van der Waals surface area (Å²) in [6.07, 6.45) is 7.37. The van der Waals surface area contributed by atoms with Gasteiger partial charge in [0, 0.05) is 6.42 Å². The van der Waals surface area contributed by atoms with Gasteiger partial charge in [0.1, 0.15) is 6.61 Å². The van der Waals surface area contributed by atoms with E-state index in [-0.39, 0.29) is 5.97 Å². The van der Waals surface area contributed by atoms with Crippen LogP contribution in [0.25, 0.3) is 0 Å². The van der Waals surface area contributed by atoms with Gasteiger partial charge < -0.3 is 4.74 Å². The first kappa shape index (κ1) is 11.9. The van der Waals surface area contributed by atoms with Gasteiger partial charge in [0.25, 0.3) is 0 Å². The third-order valence-corrected chi connectivity index (χ3v) is 1.54. The van der Waals surface area contributed by atoms with Crippen LogP contribution in [0.5, 0.6) is 0 Å². The first-order chi connectivity index (χ1) is 6.24. The number of allylic oxidation sites excluding steroid dienone is 2. The molecule has 0 radical (unpaired) electrons. The van der Waals surface area contributed by atoms with Gasteiger partial charge in [0.05, 0.1) is 0 Å². The fraction of sp³-hybridized carbons (Fsp3) is 0.545. The van der Waals surface area contributed by atoms with Gasteiger partial charge in [-0.15, -0.1) is 0 Å². The van der Waals surface area contributed by atoms with Gasteiger partial charge in [-0.25, -0.2) is 0 Å². The number of hydrogen-bond donors (Lipinski definition) is 0.